The second kappa shape index (κ2) is 6.27. The van der Waals surface area contributed by atoms with Gasteiger partial charge in [-0.2, -0.15) is 26.3 Å². The summed E-state index contributed by atoms with van der Waals surface area (Å²) in [7, 11) is 0. The van der Waals surface area contributed by atoms with Crippen molar-refractivity contribution in [3.8, 4) is 0 Å². The fourth-order valence-electron chi connectivity index (χ4n) is 2.77. The largest absolute Gasteiger partial charge is 0.481 e. The molecule has 1 fully saturated rings. The Morgan fingerprint density at radius 2 is 1.62 bits per heavy atom. The number of halogens is 6. The quantitative estimate of drug-likeness (QED) is 0.827. The predicted octanol–water partition coefficient (Wildman–Crippen LogP) is 4.19. The average molecular weight is 355 g/mol. The molecule has 0 spiro atoms. The topological polar surface area (TPSA) is 40.5 Å². The van der Waals surface area contributed by atoms with Crippen LogP contribution in [0.2, 0.25) is 0 Å². The van der Waals surface area contributed by atoms with Gasteiger partial charge in [0.25, 0.3) is 0 Å². The Balaban J connectivity index is 2.37. The van der Waals surface area contributed by atoms with Crippen LogP contribution in [0.3, 0.4) is 0 Å². The second-order valence-corrected chi connectivity index (χ2v) is 5.83. The fourth-order valence-corrected chi connectivity index (χ4v) is 2.77. The van der Waals surface area contributed by atoms with Crippen molar-refractivity contribution in [2.24, 2.45) is 5.92 Å². The number of hydrogen-bond donors (Lipinski definition) is 1. The summed E-state index contributed by atoms with van der Waals surface area (Å²) in [4.78, 5) is 12.5. The molecule has 1 saturated heterocycles. The van der Waals surface area contributed by atoms with E-state index in [1.54, 1.807) is 4.90 Å². The highest BCUT2D eigenvalue weighted by molar-refractivity contribution is 5.70. The van der Waals surface area contributed by atoms with Crippen molar-refractivity contribution < 1.29 is 36.2 Å². The first-order valence-corrected chi connectivity index (χ1v) is 7.16. The molecule has 134 valence electrons. The molecule has 2 atom stereocenters. The Morgan fingerprint density at radius 1 is 1.12 bits per heavy atom. The van der Waals surface area contributed by atoms with E-state index in [1.807, 2.05) is 0 Å². The monoisotopic (exact) mass is 355 g/mol. The molecular formula is C15H15F6NO2. The predicted molar refractivity (Wildman–Crippen MR) is 72.2 cm³/mol. The lowest BCUT2D eigenvalue weighted by Crippen LogP contribution is -2.27. The number of carboxylic acid groups (broad SMARTS) is 1. The molecule has 1 heterocycles. The molecule has 1 aromatic rings. The number of hydrogen-bond acceptors (Lipinski definition) is 2. The van der Waals surface area contributed by atoms with Crippen molar-refractivity contribution in [2.75, 3.05) is 13.1 Å². The van der Waals surface area contributed by atoms with Gasteiger partial charge in [-0.05, 0) is 43.7 Å². The van der Waals surface area contributed by atoms with Gasteiger partial charge in [-0.3, -0.25) is 9.69 Å². The van der Waals surface area contributed by atoms with E-state index < -0.39 is 41.4 Å². The van der Waals surface area contributed by atoms with Gasteiger partial charge in [0.15, 0.2) is 0 Å². The fraction of sp³-hybridized carbons (Fsp3) is 0.533. The maximum absolute atomic E-state index is 12.9. The summed E-state index contributed by atoms with van der Waals surface area (Å²) >= 11 is 0. The number of likely N-dealkylation sites (tertiary alicyclic amines) is 1. The standard InChI is InChI=1S/C15H15F6NO2/c1-8(22-3-2-9(7-22)13(23)24)10-4-11(14(16,17)18)6-12(5-10)15(19,20)21/h4-6,8-9H,2-3,7H2,1H3,(H,23,24)/t8-,9-/m0/s1. The molecule has 1 aliphatic rings. The summed E-state index contributed by atoms with van der Waals surface area (Å²) in [5.41, 5.74) is -2.87. The smallest absolute Gasteiger partial charge is 0.416 e. The normalized spacial score (nSPS) is 21.0. The van der Waals surface area contributed by atoms with Crippen LogP contribution in [-0.4, -0.2) is 29.1 Å². The van der Waals surface area contributed by atoms with Gasteiger partial charge in [0.05, 0.1) is 17.0 Å². The Kier molecular flexibility index (Phi) is 4.85. The number of carbonyl (C=O) groups is 1. The van der Waals surface area contributed by atoms with Crippen LogP contribution >= 0.6 is 0 Å². The van der Waals surface area contributed by atoms with E-state index in [-0.39, 0.29) is 18.2 Å². The van der Waals surface area contributed by atoms with Gasteiger partial charge in [-0.15, -0.1) is 0 Å². The second-order valence-electron chi connectivity index (χ2n) is 5.83. The third-order valence-corrected chi connectivity index (χ3v) is 4.21. The molecule has 0 unspecified atom stereocenters. The van der Waals surface area contributed by atoms with Gasteiger partial charge in [0.1, 0.15) is 0 Å². The van der Waals surface area contributed by atoms with Gasteiger partial charge < -0.3 is 5.11 Å². The van der Waals surface area contributed by atoms with Crippen molar-refractivity contribution in [2.45, 2.75) is 31.7 Å². The van der Waals surface area contributed by atoms with Gasteiger partial charge in [0.2, 0.25) is 0 Å². The molecule has 0 radical (unpaired) electrons. The molecular weight excluding hydrogens is 340 g/mol. The van der Waals surface area contributed by atoms with Crippen molar-refractivity contribution in [3.05, 3.63) is 34.9 Å². The molecule has 0 aliphatic carbocycles. The number of alkyl halides is 6. The van der Waals surface area contributed by atoms with Crippen molar-refractivity contribution in [1.29, 1.82) is 0 Å². The number of nitrogens with zero attached hydrogens (tertiary/aromatic N) is 1. The summed E-state index contributed by atoms with van der Waals surface area (Å²) in [6.07, 6.45) is -9.49. The molecule has 0 aromatic heterocycles. The van der Waals surface area contributed by atoms with E-state index in [1.165, 1.54) is 6.92 Å². The Bertz CT molecular complexity index is 593. The van der Waals surface area contributed by atoms with Gasteiger partial charge >= 0.3 is 18.3 Å². The molecule has 9 heteroatoms. The maximum Gasteiger partial charge on any atom is 0.416 e. The lowest BCUT2D eigenvalue weighted by Gasteiger charge is -2.26. The number of benzene rings is 1. The first-order chi connectivity index (χ1) is 10.9. The highest BCUT2D eigenvalue weighted by Gasteiger charge is 2.38. The van der Waals surface area contributed by atoms with Gasteiger partial charge in [-0.25, -0.2) is 0 Å². The van der Waals surface area contributed by atoms with Crippen molar-refractivity contribution in [1.82, 2.24) is 4.90 Å². The van der Waals surface area contributed by atoms with Crippen LogP contribution in [0.25, 0.3) is 0 Å². The highest BCUT2D eigenvalue weighted by Crippen LogP contribution is 2.38. The van der Waals surface area contributed by atoms with Crippen LogP contribution in [0.1, 0.15) is 36.1 Å². The third kappa shape index (κ3) is 4.00. The van der Waals surface area contributed by atoms with Crippen LogP contribution in [0, 0.1) is 5.92 Å². The molecule has 0 bridgehead atoms. The molecule has 1 aromatic carbocycles. The van der Waals surface area contributed by atoms with Gasteiger partial charge in [0, 0.05) is 12.6 Å². The molecule has 3 nitrogen and oxygen atoms in total. The zero-order chi connectivity index (χ0) is 18.3. The van der Waals surface area contributed by atoms with Crippen LogP contribution < -0.4 is 0 Å². The Hall–Kier alpha value is -1.77. The minimum Gasteiger partial charge on any atom is -0.481 e. The lowest BCUT2D eigenvalue weighted by molar-refractivity contribution is -0.143. The van der Waals surface area contributed by atoms with Crippen LogP contribution in [0.4, 0.5) is 26.3 Å². The summed E-state index contributed by atoms with van der Waals surface area (Å²) in [5.74, 6) is -1.69. The molecule has 1 N–H and O–H groups in total. The average Bonchev–Trinajstić information content (AvgIpc) is 2.94. The van der Waals surface area contributed by atoms with Crippen LogP contribution in [-0.2, 0) is 17.1 Å². The highest BCUT2D eigenvalue weighted by atomic mass is 19.4. The molecule has 24 heavy (non-hydrogen) atoms. The van der Waals surface area contributed by atoms with E-state index >= 15 is 0 Å². The first kappa shape index (κ1) is 18.6. The van der Waals surface area contributed by atoms with Crippen LogP contribution in [0.15, 0.2) is 18.2 Å². The Morgan fingerprint density at radius 3 is 2.00 bits per heavy atom. The lowest BCUT2D eigenvalue weighted by atomic mass is 9.99. The summed E-state index contributed by atoms with van der Waals surface area (Å²) < 4.78 is 77.3. The van der Waals surface area contributed by atoms with E-state index in [0.29, 0.717) is 25.1 Å². The number of rotatable bonds is 3. The molecule has 1 aliphatic heterocycles. The zero-order valence-corrected chi connectivity index (χ0v) is 12.6. The summed E-state index contributed by atoms with van der Waals surface area (Å²) in [5, 5.41) is 8.96. The zero-order valence-electron chi connectivity index (χ0n) is 12.6. The summed E-state index contributed by atoms with van der Waals surface area (Å²) in [6.45, 7) is 1.86. The van der Waals surface area contributed by atoms with E-state index in [9.17, 15) is 31.1 Å². The summed E-state index contributed by atoms with van der Waals surface area (Å²) in [6, 6.07) is 0.708. The minimum atomic E-state index is -4.90. The molecule has 2 rings (SSSR count). The number of aliphatic carboxylic acids is 1. The molecule has 0 amide bonds. The first-order valence-electron chi connectivity index (χ1n) is 7.16. The Labute approximate surface area is 133 Å². The van der Waals surface area contributed by atoms with E-state index in [0.717, 1.165) is 0 Å². The third-order valence-electron chi connectivity index (χ3n) is 4.21. The number of carboxylic acids is 1. The van der Waals surface area contributed by atoms with E-state index in [2.05, 4.69) is 0 Å². The van der Waals surface area contributed by atoms with Crippen LogP contribution in [0.5, 0.6) is 0 Å². The molecule has 0 saturated carbocycles. The van der Waals surface area contributed by atoms with Crippen molar-refractivity contribution >= 4 is 5.97 Å². The minimum absolute atomic E-state index is 0.0836. The van der Waals surface area contributed by atoms with E-state index in [4.69, 9.17) is 5.11 Å². The van der Waals surface area contributed by atoms with Crippen molar-refractivity contribution in [3.63, 3.8) is 0 Å². The maximum atomic E-state index is 12.9. The SMILES string of the molecule is C[C@@H](c1cc(C(F)(F)F)cc(C(F)(F)F)c1)N1CC[C@H](C(=O)O)C1. The van der Waals surface area contributed by atoms with Gasteiger partial charge in [-0.1, -0.05) is 0 Å².